The van der Waals surface area contributed by atoms with E-state index in [1.54, 1.807) is 6.26 Å². The predicted molar refractivity (Wildman–Crippen MR) is 154 cm³/mol. The topological polar surface area (TPSA) is 39.2 Å². The molecule has 3 nitrogen and oxygen atoms in total. The van der Waals surface area contributed by atoms with Gasteiger partial charge in [0.25, 0.3) is 0 Å². The van der Waals surface area contributed by atoms with Crippen molar-refractivity contribution in [3.05, 3.63) is 89.9 Å². The Balaban J connectivity index is 1.56. The maximum absolute atomic E-state index is 6.24. The molecule has 3 heterocycles. The van der Waals surface area contributed by atoms with Gasteiger partial charge in [0.05, 0.1) is 17.3 Å². The van der Waals surface area contributed by atoms with Crippen molar-refractivity contribution >= 4 is 32.8 Å². The lowest BCUT2D eigenvalue weighted by atomic mass is 9.82. The molecular formula is C34H33NO2. The molecule has 0 radical (unpaired) electrons. The van der Waals surface area contributed by atoms with Gasteiger partial charge in [-0.1, -0.05) is 71.0 Å². The van der Waals surface area contributed by atoms with Crippen molar-refractivity contribution in [2.24, 2.45) is 5.92 Å². The van der Waals surface area contributed by atoms with Crippen molar-refractivity contribution in [1.82, 2.24) is 4.98 Å². The Hall–Kier alpha value is -3.85. The summed E-state index contributed by atoms with van der Waals surface area (Å²) in [5.41, 5.74) is 8.20. The summed E-state index contributed by atoms with van der Waals surface area (Å²) in [7, 11) is 0. The molecule has 0 unspecified atom stereocenters. The second-order valence-corrected chi connectivity index (χ2v) is 11.7. The minimum absolute atomic E-state index is 0.00182. The van der Waals surface area contributed by atoms with E-state index in [4.69, 9.17) is 13.8 Å². The smallest absolute Gasteiger partial charge is 0.227 e. The minimum atomic E-state index is 0.00182. The molecule has 0 amide bonds. The minimum Gasteiger partial charge on any atom is -0.461 e. The molecule has 37 heavy (non-hydrogen) atoms. The van der Waals surface area contributed by atoms with Crippen molar-refractivity contribution < 1.29 is 8.83 Å². The lowest BCUT2D eigenvalue weighted by molar-refractivity contribution is 0.500. The van der Waals surface area contributed by atoms with Crippen molar-refractivity contribution in [3.63, 3.8) is 0 Å². The van der Waals surface area contributed by atoms with Gasteiger partial charge in [0.15, 0.2) is 0 Å². The summed E-state index contributed by atoms with van der Waals surface area (Å²) in [4.78, 5) is 4.99. The van der Waals surface area contributed by atoms with E-state index in [0.717, 1.165) is 56.5 Å². The molecule has 6 aromatic rings. The molecule has 0 saturated carbocycles. The molecule has 3 aromatic carbocycles. The first-order chi connectivity index (χ1) is 17.7. The normalized spacial score (nSPS) is 12.4. The maximum atomic E-state index is 6.24. The molecule has 6 rings (SSSR count). The Morgan fingerprint density at radius 2 is 1.68 bits per heavy atom. The lowest BCUT2D eigenvalue weighted by Crippen LogP contribution is -2.12. The Labute approximate surface area is 218 Å². The highest BCUT2D eigenvalue weighted by atomic mass is 16.3. The zero-order valence-corrected chi connectivity index (χ0v) is 22.5. The van der Waals surface area contributed by atoms with E-state index in [-0.39, 0.29) is 5.41 Å². The van der Waals surface area contributed by atoms with Gasteiger partial charge in [0, 0.05) is 17.4 Å². The van der Waals surface area contributed by atoms with Crippen LogP contribution >= 0.6 is 0 Å². The Morgan fingerprint density at radius 3 is 2.46 bits per heavy atom. The van der Waals surface area contributed by atoms with Crippen LogP contribution in [0.15, 0.2) is 81.8 Å². The number of aryl methyl sites for hydroxylation is 1. The van der Waals surface area contributed by atoms with Crippen molar-refractivity contribution in [2.45, 2.75) is 53.4 Å². The number of benzene rings is 3. The molecule has 0 bridgehead atoms. The van der Waals surface area contributed by atoms with E-state index < -0.39 is 0 Å². The lowest BCUT2D eigenvalue weighted by Gasteiger charge is -2.23. The molecule has 3 heteroatoms. The van der Waals surface area contributed by atoms with Crippen LogP contribution in [-0.2, 0) is 11.8 Å². The molecule has 0 fully saturated rings. The summed E-state index contributed by atoms with van der Waals surface area (Å²) in [6, 6.07) is 24.0. The summed E-state index contributed by atoms with van der Waals surface area (Å²) in [6.45, 7) is 13.3. The van der Waals surface area contributed by atoms with Crippen LogP contribution in [0.2, 0.25) is 0 Å². The van der Waals surface area contributed by atoms with Crippen LogP contribution in [0.4, 0.5) is 0 Å². The van der Waals surface area contributed by atoms with Gasteiger partial charge >= 0.3 is 0 Å². The second-order valence-electron chi connectivity index (χ2n) is 11.7. The van der Waals surface area contributed by atoms with Crippen LogP contribution in [0.5, 0.6) is 0 Å². The summed E-state index contributed by atoms with van der Waals surface area (Å²) in [6.07, 6.45) is 2.74. The summed E-state index contributed by atoms with van der Waals surface area (Å²) in [5, 5.41) is 4.69. The van der Waals surface area contributed by atoms with E-state index in [1.165, 1.54) is 16.3 Å². The zero-order valence-electron chi connectivity index (χ0n) is 22.5. The first kappa shape index (κ1) is 23.5. The second kappa shape index (κ2) is 8.62. The van der Waals surface area contributed by atoms with Gasteiger partial charge in [-0.05, 0) is 81.6 Å². The highest BCUT2D eigenvalue weighted by Crippen LogP contribution is 2.39. The number of pyridine rings is 1. The SMILES string of the molecule is Cc1coc2nc(-c3cc(C(C)(C)C)c4ccccc4c3)cc(-c3ccc4cc(CC(C)C)oc4c3)c12. The van der Waals surface area contributed by atoms with Gasteiger partial charge in [-0.3, -0.25) is 0 Å². The van der Waals surface area contributed by atoms with E-state index in [9.17, 15) is 0 Å². The van der Waals surface area contributed by atoms with Crippen LogP contribution < -0.4 is 0 Å². The fourth-order valence-corrected chi connectivity index (χ4v) is 5.40. The van der Waals surface area contributed by atoms with Gasteiger partial charge in [-0.2, -0.15) is 0 Å². The van der Waals surface area contributed by atoms with Crippen LogP contribution in [0.3, 0.4) is 0 Å². The van der Waals surface area contributed by atoms with E-state index >= 15 is 0 Å². The maximum Gasteiger partial charge on any atom is 0.227 e. The fraction of sp³-hybridized carbons (Fsp3) is 0.265. The average Bonchev–Trinajstić information content (AvgIpc) is 3.43. The first-order valence-electron chi connectivity index (χ1n) is 13.1. The molecule has 0 N–H and O–H groups in total. The van der Waals surface area contributed by atoms with Crippen molar-refractivity contribution in [2.75, 3.05) is 0 Å². The third-order valence-electron chi connectivity index (χ3n) is 7.19. The van der Waals surface area contributed by atoms with Gasteiger partial charge in [-0.15, -0.1) is 0 Å². The number of fused-ring (bicyclic) bond motifs is 3. The molecule has 0 aliphatic heterocycles. The standard InChI is InChI=1S/C34H33NO2/c1-20(2)13-26-15-24-12-11-23(17-31(24)37-26)28-18-30(35-33-32(28)21(3)19-36-33)25-14-22-9-7-8-10-27(22)29(16-25)34(4,5)6/h7-12,14-20H,13H2,1-6H3. The molecule has 0 aliphatic carbocycles. The largest absolute Gasteiger partial charge is 0.461 e. The predicted octanol–water partition coefficient (Wildman–Crippen LogP) is 9.87. The number of rotatable bonds is 4. The zero-order chi connectivity index (χ0) is 25.9. The van der Waals surface area contributed by atoms with Crippen LogP contribution in [0.1, 0.15) is 51.5 Å². The van der Waals surface area contributed by atoms with Crippen LogP contribution in [0.25, 0.3) is 55.2 Å². The van der Waals surface area contributed by atoms with Gasteiger partial charge in [0.1, 0.15) is 11.3 Å². The van der Waals surface area contributed by atoms with Gasteiger partial charge in [0.2, 0.25) is 5.71 Å². The monoisotopic (exact) mass is 487 g/mol. The Bertz CT molecular complexity index is 1780. The molecule has 0 atom stereocenters. The quantitative estimate of drug-likeness (QED) is 0.248. The number of furan rings is 2. The number of nitrogens with zero attached hydrogens (tertiary/aromatic N) is 1. The third kappa shape index (κ3) is 4.23. The Kier molecular flexibility index (Phi) is 5.49. The number of hydrogen-bond donors (Lipinski definition) is 0. The van der Waals surface area contributed by atoms with E-state index in [0.29, 0.717) is 11.6 Å². The first-order valence-corrected chi connectivity index (χ1v) is 13.1. The van der Waals surface area contributed by atoms with Crippen molar-refractivity contribution in [1.29, 1.82) is 0 Å². The third-order valence-corrected chi connectivity index (χ3v) is 7.19. The highest BCUT2D eigenvalue weighted by molar-refractivity contribution is 5.99. The van der Waals surface area contributed by atoms with Crippen LogP contribution in [-0.4, -0.2) is 4.98 Å². The summed E-state index contributed by atoms with van der Waals surface area (Å²) < 4.78 is 12.2. The molecule has 0 spiro atoms. The molecule has 0 aliphatic rings. The number of aromatic nitrogens is 1. The molecular weight excluding hydrogens is 454 g/mol. The number of hydrogen-bond acceptors (Lipinski definition) is 3. The molecule has 186 valence electrons. The Morgan fingerprint density at radius 1 is 0.865 bits per heavy atom. The molecule has 3 aromatic heterocycles. The molecule has 0 saturated heterocycles. The summed E-state index contributed by atoms with van der Waals surface area (Å²) >= 11 is 0. The van der Waals surface area contributed by atoms with E-state index in [2.05, 4.69) is 108 Å². The van der Waals surface area contributed by atoms with E-state index in [1.807, 2.05) is 0 Å². The fourth-order valence-electron chi connectivity index (χ4n) is 5.40. The van der Waals surface area contributed by atoms with Crippen molar-refractivity contribution in [3.8, 4) is 22.4 Å². The summed E-state index contributed by atoms with van der Waals surface area (Å²) in [5.74, 6) is 1.59. The highest BCUT2D eigenvalue weighted by Gasteiger charge is 2.20. The average molecular weight is 488 g/mol. The van der Waals surface area contributed by atoms with Gasteiger partial charge < -0.3 is 8.83 Å². The van der Waals surface area contributed by atoms with Crippen LogP contribution in [0, 0.1) is 12.8 Å². The van der Waals surface area contributed by atoms with Gasteiger partial charge in [-0.25, -0.2) is 4.98 Å².